The van der Waals surface area contributed by atoms with Crippen molar-refractivity contribution in [1.82, 2.24) is 9.47 Å². The summed E-state index contributed by atoms with van der Waals surface area (Å²) in [7, 11) is 2.00. The average molecular weight is 472 g/mol. The van der Waals surface area contributed by atoms with Crippen molar-refractivity contribution in [3.8, 4) is 5.75 Å². The van der Waals surface area contributed by atoms with Gasteiger partial charge in [0.05, 0.1) is 29.5 Å². The smallest absolute Gasteiger partial charge is 0.266 e. The van der Waals surface area contributed by atoms with Gasteiger partial charge in [0.2, 0.25) is 0 Å². The van der Waals surface area contributed by atoms with Crippen LogP contribution >= 0.6 is 0 Å². The highest BCUT2D eigenvalue weighted by molar-refractivity contribution is 6.34. The monoisotopic (exact) mass is 471 g/mol. The Morgan fingerprint density at radius 2 is 1.74 bits per heavy atom. The number of amides is 3. The van der Waals surface area contributed by atoms with Crippen LogP contribution in [0.1, 0.15) is 75.4 Å². The molecule has 2 aliphatic rings. The summed E-state index contributed by atoms with van der Waals surface area (Å²) in [5, 5.41) is 0. The van der Waals surface area contributed by atoms with Crippen molar-refractivity contribution in [3.05, 3.63) is 83.2 Å². The zero-order chi connectivity index (χ0) is 24.5. The molecule has 1 saturated heterocycles. The Bertz CT molecular complexity index is 1280. The molecule has 35 heavy (non-hydrogen) atoms. The number of benzene rings is 2. The second-order valence-corrected chi connectivity index (χ2v) is 9.04. The van der Waals surface area contributed by atoms with Crippen LogP contribution in [-0.2, 0) is 7.05 Å². The van der Waals surface area contributed by atoms with E-state index in [1.165, 1.54) is 0 Å². The first kappa shape index (κ1) is 22.9. The Kier molecular flexibility index (Phi) is 6.16. The van der Waals surface area contributed by atoms with Gasteiger partial charge in [-0.15, -0.1) is 0 Å². The molecular weight excluding hydrogens is 442 g/mol. The molecule has 3 heterocycles. The van der Waals surface area contributed by atoms with Crippen molar-refractivity contribution in [2.75, 3.05) is 18.1 Å². The first-order valence-corrected chi connectivity index (χ1v) is 12.2. The van der Waals surface area contributed by atoms with Crippen LogP contribution < -0.4 is 9.64 Å². The van der Waals surface area contributed by atoms with Gasteiger partial charge in [-0.2, -0.15) is 0 Å². The minimum absolute atomic E-state index is 0.0176. The predicted octanol–water partition coefficient (Wildman–Crippen LogP) is 4.98. The fourth-order valence-electron chi connectivity index (χ4n) is 5.11. The second kappa shape index (κ2) is 9.41. The third kappa shape index (κ3) is 4.11. The molecule has 180 valence electrons. The lowest BCUT2D eigenvalue weighted by Gasteiger charge is -2.31. The van der Waals surface area contributed by atoms with Crippen LogP contribution in [0.4, 0.5) is 5.69 Å². The van der Waals surface area contributed by atoms with E-state index in [0.717, 1.165) is 36.3 Å². The van der Waals surface area contributed by atoms with E-state index in [-0.39, 0.29) is 23.4 Å². The van der Waals surface area contributed by atoms with Crippen LogP contribution in [0.3, 0.4) is 0 Å². The second-order valence-electron chi connectivity index (χ2n) is 9.04. The number of fused-ring (bicyclic) bond motifs is 1. The summed E-state index contributed by atoms with van der Waals surface area (Å²) < 4.78 is 7.52. The SMILES string of the molecule is CCOc1ccc(N2C(=O)c3ccc(C(=O)N4CCCCCC4c4cccn4C)cc3C2=O)cc1. The van der Waals surface area contributed by atoms with E-state index < -0.39 is 5.91 Å². The number of rotatable bonds is 5. The number of anilines is 1. The minimum atomic E-state index is -0.418. The van der Waals surface area contributed by atoms with Gasteiger partial charge in [-0.1, -0.05) is 12.8 Å². The zero-order valence-corrected chi connectivity index (χ0v) is 20.1. The Morgan fingerprint density at radius 3 is 2.46 bits per heavy atom. The molecule has 1 aromatic heterocycles. The maximum Gasteiger partial charge on any atom is 0.266 e. The number of likely N-dealkylation sites (tertiary alicyclic amines) is 1. The van der Waals surface area contributed by atoms with E-state index in [0.29, 0.717) is 35.7 Å². The molecule has 0 spiro atoms. The molecule has 0 N–H and O–H groups in total. The van der Waals surface area contributed by atoms with Gasteiger partial charge in [-0.05, 0) is 74.4 Å². The summed E-state index contributed by atoms with van der Waals surface area (Å²) in [5.74, 6) is -0.241. The van der Waals surface area contributed by atoms with Crippen molar-refractivity contribution in [2.45, 2.75) is 38.6 Å². The maximum atomic E-state index is 13.7. The molecule has 2 aromatic carbocycles. The van der Waals surface area contributed by atoms with Gasteiger partial charge in [0.25, 0.3) is 17.7 Å². The average Bonchev–Trinajstić information content (AvgIpc) is 3.28. The van der Waals surface area contributed by atoms with E-state index in [4.69, 9.17) is 4.74 Å². The normalized spacial score (nSPS) is 17.9. The number of aryl methyl sites for hydroxylation is 1. The number of hydrogen-bond acceptors (Lipinski definition) is 4. The van der Waals surface area contributed by atoms with Crippen molar-refractivity contribution in [1.29, 1.82) is 0 Å². The summed E-state index contributed by atoms with van der Waals surface area (Å²) in [4.78, 5) is 43.1. The van der Waals surface area contributed by atoms with Gasteiger partial charge in [0.15, 0.2) is 0 Å². The largest absolute Gasteiger partial charge is 0.494 e. The van der Waals surface area contributed by atoms with Crippen molar-refractivity contribution in [3.63, 3.8) is 0 Å². The van der Waals surface area contributed by atoms with E-state index in [9.17, 15) is 14.4 Å². The van der Waals surface area contributed by atoms with E-state index in [2.05, 4.69) is 10.6 Å². The van der Waals surface area contributed by atoms with Gasteiger partial charge in [0.1, 0.15) is 5.75 Å². The fourth-order valence-corrected chi connectivity index (χ4v) is 5.11. The fraction of sp³-hybridized carbons (Fsp3) is 0.321. The number of carbonyl (C=O) groups excluding carboxylic acids is 3. The van der Waals surface area contributed by atoms with Crippen LogP contribution in [-0.4, -0.2) is 40.3 Å². The van der Waals surface area contributed by atoms with Crippen LogP contribution in [0.25, 0.3) is 0 Å². The number of ether oxygens (including phenoxy) is 1. The molecule has 7 heteroatoms. The highest BCUT2D eigenvalue weighted by Gasteiger charge is 2.38. The van der Waals surface area contributed by atoms with Crippen LogP contribution in [0, 0.1) is 0 Å². The molecule has 0 radical (unpaired) electrons. The zero-order valence-electron chi connectivity index (χ0n) is 20.1. The third-order valence-corrected chi connectivity index (χ3v) is 6.88. The van der Waals surface area contributed by atoms with E-state index >= 15 is 0 Å². The first-order valence-electron chi connectivity index (χ1n) is 12.2. The van der Waals surface area contributed by atoms with Crippen LogP contribution in [0.5, 0.6) is 5.75 Å². The van der Waals surface area contributed by atoms with Gasteiger partial charge in [-0.3, -0.25) is 14.4 Å². The summed E-state index contributed by atoms with van der Waals surface area (Å²) in [5.41, 5.74) is 2.59. The quantitative estimate of drug-likeness (QED) is 0.492. The van der Waals surface area contributed by atoms with Gasteiger partial charge in [0, 0.05) is 31.0 Å². The Morgan fingerprint density at radius 1 is 0.971 bits per heavy atom. The van der Waals surface area contributed by atoms with E-state index in [1.54, 1.807) is 42.5 Å². The van der Waals surface area contributed by atoms with Gasteiger partial charge >= 0.3 is 0 Å². The third-order valence-electron chi connectivity index (χ3n) is 6.88. The Hall–Kier alpha value is -3.87. The molecule has 0 aliphatic carbocycles. The molecule has 7 nitrogen and oxygen atoms in total. The maximum absolute atomic E-state index is 13.7. The number of aromatic nitrogens is 1. The molecule has 5 rings (SSSR count). The topological polar surface area (TPSA) is 71.8 Å². The van der Waals surface area contributed by atoms with Gasteiger partial charge in [-0.25, -0.2) is 4.90 Å². The summed E-state index contributed by atoms with van der Waals surface area (Å²) >= 11 is 0. The summed E-state index contributed by atoms with van der Waals surface area (Å²) in [6, 6.07) is 15.8. The van der Waals surface area contributed by atoms with E-state index in [1.807, 2.05) is 31.1 Å². The Labute approximate surface area is 204 Å². The summed E-state index contributed by atoms with van der Waals surface area (Å²) in [6.45, 7) is 3.09. The molecule has 1 atom stereocenters. The predicted molar refractivity (Wildman–Crippen MR) is 133 cm³/mol. The lowest BCUT2D eigenvalue weighted by Crippen LogP contribution is -2.35. The van der Waals surface area contributed by atoms with Crippen LogP contribution in [0.15, 0.2) is 60.8 Å². The number of hydrogen-bond donors (Lipinski definition) is 0. The number of nitrogens with zero attached hydrogens (tertiary/aromatic N) is 3. The van der Waals surface area contributed by atoms with Crippen molar-refractivity contribution >= 4 is 23.4 Å². The molecular formula is C28H29N3O4. The standard InChI is InChI=1S/C28H29N3O4/c1-3-35-21-13-11-20(12-14-21)31-27(33)22-15-10-19(18-23(22)28(31)34)26(32)30-17-6-4-5-8-25(30)24-9-7-16-29(24)2/h7,9-16,18,25H,3-6,8,17H2,1-2H3. The molecule has 1 unspecified atom stereocenters. The lowest BCUT2D eigenvalue weighted by molar-refractivity contribution is 0.0674. The number of carbonyl (C=O) groups is 3. The first-order chi connectivity index (χ1) is 17.0. The summed E-state index contributed by atoms with van der Waals surface area (Å²) in [6.07, 6.45) is 5.99. The molecule has 0 bridgehead atoms. The number of imide groups is 1. The lowest BCUT2D eigenvalue weighted by atomic mass is 10.0. The molecule has 3 aromatic rings. The van der Waals surface area contributed by atoms with Crippen molar-refractivity contribution in [2.24, 2.45) is 7.05 Å². The Balaban J connectivity index is 1.44. The van der Waals surface area contributed by atoms with Crippen molar-refractivity contribution < 1.29 is 19.1 Å². The molecule has 0 saturated carbocycles. The van der Waals surface area contributed by atoms with Crippen LogP contribution in [0.2, 0.25) is 0 Å². The molecule has 1 fully saturated rings. The molecule has 2 aliphatic heterocycles. The molecule has 3 amide bonds. The van der Waals surface area contributed by atoms with Gasteiger partial charge < -0.3 is 14.2 Å². The highest BCUT2D eigenvalue weighted by Crippen LogP contribution is 2.34. The minimum Gasteiger partial charge on any atom is -0.494 e. The highest BCUT2D eigenvalue weighted by atomic mass is 16.5.